The van der Waals surface area contributed by atoms with E-state index in [4.69, 9.17) is 0 Å². The Labute approximate surface area is 118 Å². The van der Waals surface area contributed by atoms with Crippen molar-refractivity contribution in [1.29, 1.82) is 0 Å². The molecule has 0 saturated carbocycles. The summed E-state index contributed by atoms with van der Waals surface area (Å²) in [5.41, 5.74) is 2.10. The van der Waals surface area contributed by atoms with Gasteiger partial charge in [-0.1, -0.05) is 29.5 Å². The Bertz CT molecular complexity index is 695. The van der Waals surface area contributed by atoms with E-state index in [0.717, 1.165) is 17.5 Å². The Morgan fingerprint density at radius 1 is 1.35 bits per heavy atom. The lowest BCUT2D eigenvalue weighted by molar-refractivity contribution is 0.363. The van der Waals surface area contributed by atoms with Gasteiger partial charge in [0.05, 0.1) is 11.4 Å². The second kappa shape index (κ2) is 5.01. The van der Waals surface area contributed by atoms with Crippen LogP contribution in [0.5, 0.6) is 0 Å². The summed E-state index contributed by atoms with van der Waals surface area (Å²) in [7, 11) is -3.10. The van der Waals surface area contributed by atoms with Gasteiger partial charge in [0.15, 0.2) is 9.84 Å². The summed E-state index contributed by atoms with van der Waals surface area (Å²) in [6.07, 6.45) is 6.32. The number of hydrogen-bond acceptors (Lipinski definition) is 4. The fraction of sp³-hybridized carbons (Fsp3) is 0.429. The molecule has 20 heavy (non-hydrogen) atoms. The largest absolute Gasteiger partial charge is 0.252 e. The standard InChI is InChI=1S/C14H17N3O2S/c1-20(18,19)14-9-11(10-17-7-6-15-16-17)8-12-4-2-3-5-13(12)14/h2-7,11,14H,8-10H2,1H3. The van der Waals surface area contributed by atoms with Gasteiger partial charge in [-0.3, -0.25) is 4.68 Å². The molecule has 1 heterocycles. The van der Waals surface area contributed by atoms with Gasteiger partial charge in [0.1, 0.15) is 0 Å². The molecule has 0 amide bonds. The molecule has 2 aromatic rings. The molecular formula is C14H17N3O2S. The minimum Gasteiger partial charge on any atom is -0.252 e. The fourth-order valence-electron chi connectivity index (χ4n) is 3.00. The Balaban J connectivity index is 1.92. The first-order valence-electron chi connectivity index (χ1n) is 6.65. The van der Waals surface area contributed by atoms with Crippen LogP contribution in [-0.2, 0) is 22.8 Å². The van der Waals surface area contributed by atoms with Crippen LogP contribution in [0.25, 0.3) is 0 Å². The van der Waals surface area contributed by atoms with Crippen LogP contribution < -0.4 is 0 Å². The molecule has 0 saturated heterocycles. The van der Waals surface area contributed by atoms with E-state index >= 15 is 0 Å². The van der Waals surface area contributed by atoms with Crippen molar-refractivity contribution in [1.82, 2.24) is 15.0 Å². The minimum atomic E-state index is -3.10. The third-order valence-electron chi connectivity index (χ3n) is 3.89. The van der Waals surface area contributed by atoms with Crippen molar-refractivity contribution in [3.63, 3.8) is 0 Å². The quantitative estimate of drug-likeness (QED) is 0.862. The monoisotopic (exact) mass is 291 g/mol. The highest BCUT2D eigenvalue weighted by Gasteiger charge is 2.33. The third kappa shape index (κ3) is 2.60. The van der Waals surface area contributed by atoms with E-state index in [9.17, 15) is 8.42 Å². The maximum absolute atomic E-state index is 12.1. The minimum absolute atomic E-state index is 0.270. The molecule has 6 heteroatoms. The van der Waals surface area contributed by atoms with Crippen LogP contribution in [0.15, 0.2) is 36.7 Å². The highest BCUT2D eigenvalue weighted by atomic mass is 32.2. The first kappa shape index (κ1) is 13.3. The molecule has 0 fully saturated rings. The Kier molecular flexibility index (Phi) is 3.33. The summed E-state index contributed by atoms with van der Waals surface area (Å²) in [6, 6.07) is 7.85. The topological polar surface area (TPSA) is 64.8 Å². The van der Waals surface area contributed by atoms with E-state index in [1.165, 1.54) is 6.26 Å². The number of sulfone groups is 1. The summed E-state index contributed by atoms with van der Waals surface area (Å²) in [5.74, 6) is 0.270. The molecular weight excluding hydrogens is 274 g/mol. The van der Waals surface area contributed by atoms with Crippen LogP contribution in [0.3, 0.4) is 0 Å². The Hall–Kier alpha value is -1.69. The van der Waals surface area contributed by atoms with Crippen LogP contribution in [0, 0.1) is 5.92 Å². The summed E-state index contributed by atoms with van der Waals surface area (Å²) in [4.78, 5) is 0. The van der Waals surface area contributed by atoms with Crippen molar-refractivity contribution in [3.05, 3.63) is 47.8 Å². The van der Waals surface area contributed by atoms with Gasteiger partial charge in [0.25, 0.3) is 0 Å². The number of benzene rings is 1. The van der Waals surface area contributed by atoms with Crippen LogP contribution in [0.4, 0.5) is 0 Å². The van der Waals surface area contributed by atoms with E-state index in [1.807, 2.05) is 30.5 Å². The maximum atomic E-state index is 12.1. The van der Waals surface area contributed by atoms with Gasteiger partial charge in [0, 0.05) is 19.0 Å². The number of fused-ring (bicyclic) bond motifs is 1. The Morgan fingerprint density at radius 2 is 2.15 bits per heavy atom. The van der Waals surface area contributed by atoms with Gasteiger partial charge >= 0.3 is 0 Å². The van der Waals surface area contributed by atoms with E-state index < -0.39 is 15.1 Å². The lowest BCUT2D eigenvalue weighted by Crippen LogP contribution is -2.26. The number of hydrogen-bond donors (Lipinski definition) is 0. The van der Waals surface area contributed by atoms with E-state index in [1.54, 1.807) is 10.9 Å². The molecule has 5 nitrogen and oxygen atoms in total. The molecule has 1 aromatic carbocycles. The number of rotatable bonds is 3. The van der Waals surface area contributed by atoms with E-state index in [0.29, 0.717) is 13.0 Å². The zero-order valence-electron chi connectivity index (χ0n) is 11.3. The average Bonchev–Trinajstić information content (AvgIpc) is 2.89. The number of aromatic nitrogens is 3. The van der Waals surface area contributed by atoms with Crippen molar-refractivity contribution < 1.29 is 8.42 Å². The predicted octanol–water partition coefficient (Wildman–Crippen LogP) is 1.63. The summed E-state index contributed by atoms with van der Waals surface area (Å²) >= 11 is 0. The normalized spacial score (nSPS) is 22.4. The van der Waals surface area contributed by atoms with Crippen molar-refractivity contribution in [2.75, 3.05) is 6.26 Å². The van der Waals surface area contributed by atoms with Gasteiger partial charge in [0.2, 0.25) is 0 Å². The van der Waals surface area contributed by atoms with Crippen LogP contribution in [-0.4, -0.2) is 29.7 Å². The van der Waals surface area contributed by atoms with Crippen LogP contribution in [0.1, 0.15) is 22.8 Å². The zero-order valence-corrected chi connectivity index (χ0v) is 12.1. The van der Waals surface area contributed by atoms with Gasteiger partial charge in [-0.2, -0.15) is 0 Å². The second-order valence-corrected chi connectivity index (χ2v) is 7.68. The van der Waals surface area contributed by atoms with Gasteiger partial charge < -0.3 is 0 Å². The molecule has 106 valence electrons. The zero-order chi connectivity index (χ0) is 14.2. The highest BCUT2D eigenvalue weighted by molar-refractivity contribution is 7.90. The Morgan fingerprint density at radius 3 is 2.85 bits per heavy atom. The molecule has 0 bridgehead atoms. The van der Waals surface area contributed by atoms with E-state index in [2.05, 4.69) is 10.3 Å². The summed E-state index contributed by atoms with van der Waals surface area (Å²) in [6.45, 7) is 0.709. The van der Waals surface area contributed by atoms with Crippen LogP contribution in [0.2, 0.25) is 0 Å². The predicted molar refractivity (Wildman–Crippen MR) is 75.9 cm³/mol. The maximum Gasteiger partial charge on any atom is 0.154 e. The number of nitrogens with zero attached hydrogens (tertiary/aromatic N) is 3. The summed E-state index contributed by atoms with van der Waals surface area (Å²) in [5, 5.41) is 7.36. The molecule has 2 unspecified atom stereocenters. The molecule has 0 N–H and O–H groups in total. The molecule has 1 aromatic heterocycles. The highest BCUT2D eigenvalue weighted by Crippen LogP contribution is 2.38. The van der Waals surface area contributed by atoms with Crippen molar-refractivity contribution in [3.8, 4) is 0 Å². The van der Waals surface area contributed by atoms with Crippen molar-refractivity contribution in [2.45, 2.75) is 24.6 Å². The summed E-state index contributed by atoms with van der Waals surface area (Å²) < 4.78 is 25.9. The molecule has 0 radical (unpaired) electrons. The van der Waals surface area contributed by atoms with Gasteiger partial charge in [-0.05, 0) is 29.9 Å². The van der Waals surface area contributed by atoms with E-state index in [-0.39, 0.29) is 5.92 Å². The molecule has 1 aliphatic carbocycles. The van der Waals surface area contributed by atoms with Gasteiger partial charge in [-0.25, -0.2) is 8.42 Å². The molecule has 1 aliphatic rings. The lowest BCUT2D eigenvalue weighted by Gasteiger charge is -2.30. The SMILES string of the molecule is CS(=O)(=O)C1CC(Cn2ccnn2)Cc2ccccc21. The molecule has 0 spiro atoms. The molecule has 0 aliphatic heterocycles. The fourth-order valence-corrected chi connectivity index (χ4v) is 4.31. The van der Waals surface area contributed by atoms with Crippen molar-refractivity contribution in [2.24, 2.45) is 5.92 Å². The molecule has 3 rings (SSSR count). The lowest BCUT2D eigenvalue weighted by atomic mass is 9.83. The second-order valence-electron chi connectivity index (χ2n) is 5.45. The average molecular weight is 291 g/mol. The van der Waals surface area contributed by atoms with Crippen LogP contribution >= 0.6 is 0 Å². The molecule has 2 atom stereocenters. The first-order valence-corrected chi connectivity index (χ1v) is 8.60. The van der Waals surface area contributed by atoms with Crippen molar-refractivity contribution >= 4 is 9.84 Å². The third-order valence-corrected chi connectivity index (χ3v) is 5.37. The first-order chi connectivity index (χ1) is 9.54. The smallest absolute Gasteiger partial charge is 0.154 e. The van der Waals surface area contributed by atoms with Gasteiger partial charge in [-0.15, -0.1) is 5.10 Å².